The summed E-state index contributed by atoms with van der Waals surface area (Å²) in [6.07, 6.45) is 33.9. The molecule has 1 aromatic rings. The summed E-state index contributed by atoms with van der Waals surface area (Å²) >= 11 is 0. The number of amides is 1. The van der Waals surface area contributed by atoms with Gasteiger partial charge in [0.25, 0.3) is 5.97 Å². The van der Waals surface area contributed by atoms with E-state index in [0.717, 1.165) is 56.5 Å². The van der Waals surface area contributed by atoms with E-state index in [1.165, 1.54) is 74.6 Å². The first-order valence-corrected chi connectivity index (χ1v) is 18.9. The second-order valence-electron chi connectivity index (χ2n) is 12.2. The molecule has 1 atom stereocenters. The molecule has 49 heavy (non-hydrogen) atoms. The first-order valence-electron chi connectivity index (χ1n) is 18.9. The lowest BCUT2D eigenvalue weighted by atomic mass is 9.81. The van der Waals surface area contributed by atoms with Gasteiger partial charge in [0.2, 0.25) is 6.41 Å². The Bertz CT molecular complexity index is 1250. The Kier molecular flexibility index (Phi) is 23.9. The molecule has 272 valence electrons. The predicted molar refractivity (Wildman–Crippen MR) is 208 cm³/mol. The van der Waals surface area contributed by atoms with Gasteiger partial charge in [0.15, 0.2) is 0 Å². The molecule has 1 aliphatic heterocycles. The summed E-state index contributed by atoms with van der Waals surface area (Å²) in [4.78, 5) is 21.3. The maximum Gasteiger partial charge on any atom is 0.300 e. The van der Waals surface area contributed by atoms with Crippen LogP contribution in [0.25, 0.3) is 0 Å². The fraction of sp³-hybridized carbons (Fsp3) is 0.535. The van der Waals surface area contributed by atoms with Gasteiger partial charge in [0.1, 0.15) is 11.9 Å². The Morgan fingerprint density at radius 3 is 2.24 bits per heavy atom. The van der Waals surface area contributed by atoms with Crippen molar-refractivity contribution in [3.05, 3.63) is 101 Å². The highest BCUT2D eigenvalue weighted by Crippen LogP contribution is 2.34. The molecule has 2 N–H and O–H groups in total. The van der Waals surface area contributed by atoms with E-state index in [9.17, 15) is 4.79 Å². The summed E-state index contributed by atoms with van der Waals surface area (Å²) in [7, 11) is 2.23. The molecule has 1 amide bonds. The lowest BCUT2D eigenvalue weighted by Crippen LogP contribution is -2.20. The van der Waals surface area contributed by atoms with Gasteiger partial charge < -0.3 is 20.1 Å². The van der Waals surface area contributed by atoms with Crippen LogP contribution < -0.4 is 5.32 Å². The fourth-order valence-corrected chi connectivity index (χ4v) is 6.27. The number of carbonyl (C=O) groups excluding carboxylic acids is 1. The van der Waals surface area contributed by atoms with Crippen LogP contribution in [0.3, 0.4) is 0 Å². The Balaban J connectivity index is 0.000000586. The summed E-state index contributed by atoms with van der Waals surface area (Å²) in [5, 5.41) is 9.94. The number of hydrogen-bond donors (Lipinski definition) is 2. The molecule has 0 radical (unpaired) electrons. The van der Waals surface area contributed by atoms with Gasteiger partial charge in [-0.05, 0) is 73.8 Å². The Morgan fingerprint density at radius 2 is 1.59 bits per heavy atom. The van der Waals surface area contributed by atoms with Gasteiger partial charge in [-0.15, -0.1) is 0 Å². The molecule has 1 unspecified atom stereocenters. The van der Waals surface area contributed by atoms with Gasteiger partial charge in [0.05, 0.1) is 5.70 Å². The molecular weight excluding hydrogens is 608 g/mol. The molecular formula is C43H66N2O4. The molecule has 0 saturated heterocycles. The number of rotatable bonds is 8. The van der Waals surface area contributed by atoms with E-state index in [-0.39, 0.29) is 0 Å². The minimum absolute atomic E-state index is 0.343. The van der Waals surface area contributed by atoms with E-state index in [4.69, 9.17) is 14.6 Å². The zero-order chi connectivity index (χ0) is 36.3. The Hall–Kier alpha value is -3.80. The lowest BCUT2D eigenvalue weighted by molar-refractivity contribution is -0.134. The third kappa shape index (κ3) is 17.4. The summed E-state index contributed by atoms with van der Waals surface area (Å²) < 4.78 is 6.64. The minimum atomic E-state index is -0.833. The number of carbonyl (C=O) groups is 2. The van der Waals surface area contributed by atoms with E-state index in [1.807, 2.05) is 58.0 Å². The number of hydrogen-bond acceptors (Lipinski definition) is 4. The molecule has 1 aromatic carbocycles. The zero-order valence-corrected chi connectivity index (χ0v) is 31.7. The normalized spacial score (nSPS) is 21.4. The molecule has 6 nitrogen and oxygen atoms in total. The number of aliphatic carboxylic acids is 1. The second kappa shape index (κ2) is 27.1. The SMILES string of the molecule is CC.CC.CC(=O)O.CCCCCC1CCN(C)C2=C(C=C(C3=C/C/C=C(/C4CCCCC4)C/C=C\3)C=CC2)O1.O=CNc1ccccc1. The smallest absolute Gasteiger partial charge is 0.300 e. The monoisotopic (exact) mass is 675 g/mol. The van der Waals surface area contributed by atoms with Crippen molar-refractivity contribution in [2.75, 3.05) is 18.9 Å². The van der Waals surface area contributed by atoms with Crippen LogP contribution in [-0.2, 0) is 14.3 Å². The van der Waals surface area contributed by atoms with E-state index >= 15 is 0 Å². The summed E-state index contributed by atoms with van der Waals surface area (Å²) in [5.74, 6) is 1.09. The number of unbranched alkanes of at least 4 members (excludes halogenated alkanes) is 2. The molecule has 0 aromatic heterocycles. The molecule has 1 heterocycles. The molecule has 5 rings (SSSR count). The maximum absolute atomic E-state index is 9.86. The molecule has 1 fully saturated rings. The summed E-state index contributed by atoms with van der Waals surface area (Å²) in [5.41, 5.74) is 6.47. The number of ether oxygens (including phenoxy) is 1. The van der Waals surface area contributed by atoms with Gasteiger partial charge in [-0.2, -0.15) is 0 Å². The highest BCUT2D eigenvalue weighted by Gasteiger charge is 2.23. The number of carboxylic acids is 1. The fourth-order valence-electron chi connectivity index (χ4n) is 6.27. The van der Waals surface area contributed by atoms with Crippen LogP contribution in [-0.4, -0.2) is 42.1 Å². The number of allylic oxidation sites excluding steroid dienone is 10. The molecule has 6 heteroatoms. The van der Waals surface area contributed by atoms with Crippen molar-refractivity contribution in [1.82, 2.24) is 4.90 Å². The van der Waals surface area contributed by atoms with Crippen molar-refractivity contribution in [1.29, 1.82) is 0 Å². The third-order valence-electron chi connectivity index (χ3n) is 8.68. The van der Waals surface area contributed by atoms with Crippen LogP contribution in [0.1, 0.15) is 125 Å². The van der Waals surface area contributed by atoms with E-state index in [2.05, 4.69) is 66.7 Å². The second-order valence-corrected chi connectivity index (χ2v) is 12.2. The van der Waals surface area contributed by atoms with Crippen LogP contribution in [0.4, 0.5) is 5.69 Å². The standard InChI is InChI=1S/C30H43NO.C7H7NO.C2H4O2.2C2H6/c1-3-4-6-19-28-21-22-31(2)29-20-11-18-27(23-30(29)32-28)26-16-9-14-25(15-10-17-26)24-12-7-5-8-13-24;9-6-8-7-4-2-1-3-5-7;1-2(3)4;2*1-2/h9,11,15-18,23-24,28H,3-8,10,12-14,19-22H2,1-2H3;1-6H,(H,8,9);1H3,(H,3,4);2*1-2H3/b16-9-,25-15+,26-17+;;;;. The number of anilines is 1. The van der Waals surface area contributed by atoms with Gasteiger partial charge in [-0.25, -0.2) is 0 Å². The van der Waals surface area contributed by atoms with Crippen molar-refractivity contribution in [3.63, 3.8) is 0 Å². The number of carboxylic acid groups (broad SMARTS) is 1. The van der Waals surface area contributed by atoms with E-state index < -0.39 is 5.97 Å². The first-order chi connectivity index (χ1) is 23.9. The number of nitrogens with one attached hydrogen (secondary N) is 1. The van der Waals surface area contributed by atoms with Crippen LogP contribution in [0.15, 0.2) is 101 Å². The topological polar surface area (TPSA) is 78.9 Å². The Morgan fingerprint density at radius 1 is 0.939 bits per heavy atom. The third-order valence-corrected chi connectivity index (χ3v) is 8.68. The van der Waals surface area contributed by atoms with Crippen molar-refractivity contribution in [2.24, 2.45) is 5.92 Å². The average molecular weight is 675 g/mol. The van der Waals surface area contributed by atoms with E-state index in [0.29, 0.717) is 12.5 Å². The van der Waals surface area contributed by atoms with E-state index in [1.54, 1.807) is 5.57 Å². The van der Waals surface area contributed by atoms with Gasteiger partial charge in [-0.3, -0.25) is 9.59 Å². The van der Waals surface area contributed by atoms with Crippen molar-refractivity contribution in [2.45, 2.75) is 131 Å². The Labute approximate surface area is 298 Å². The van der Waals surface area contributed by atoms with Gasteiger partial charge in [0, 0.05) is 39.0 Å². The summed E-state index contributed by atoms with van der Waals surface area (Å²) in [6.45, 7) is 12.4. The van der Waals surface area contributed by atoms with Crippen molar-refractivity contribution < 1.29 is 19.4 Å². The quantitative estimate of drug-likeness (QED) is 0.163. The highest BCUT2D eigenvalue weighted by molar-refractivity contribution is 5.70. The van der Waals surface area contributed by atoms with Gasteiger partial charge >= 0.3 is 0 Å². The molecule has 1 saturated carbocycles. The van der Waals surface area contributed by atoms with Gasteiger partial charge in [-0.1, -0.05) is 127 Å². The number of benzene rings is 1. The number of nitrogens with zero attached hydrogens (tertiary/aromatic N) is 1. The van der Waals surface area contributed by atoms with Crippen LogP contribution in [0, 0.1) is 5.92 Å². The largest absolute Gasteiger partial charge is 0.489 e. The van der Waals surface area contributed by atoms with Crippen LogP contribution in [0.2, 0.25) is 0 Å². The van der Waals surface area contributed by atoms with Crippen LogP contribution in [0.5, 0.6) is 0 Å². The molecule has 0 spiro atoms. The highest BCUT2D eigenvalue weighted by atomic mass is 16.5. The first kappa shape index (κ1) is 43.2. The molecule has 4 aliphatic rings. The lowest BCUT2D eigenvalue weighted by Gasteiger charge is -2.24. The summed E-state index contributed by atoms with van der Waals surface area (Å²) in [6, 6.07) is 9.29. The predicted octanol–water partition coefficient (Wildman–Crippen LogP) is 11.6. The molecule has 0 bridgehead atoms. The number of para-hydroxylation sites is 1. The minimum Gasteiger partial charge on any atom is -0.489 e. The molecule has 3 aliphatic carbocycles. The maximum atomic E-state index is 9.86. The average Bonchev–Trinajstić information content (AvgIpc) is 3.40. The van der Waals surface area contributed by atoms with Crippen molar-refractivity contribution >= 4 is 18.1 Å². The van der Waals surface area contributed by atoms with Crippen molar-refractivity contribution in [3.8, 4) is 0 Å². The van der Waals surface area contributed by atoms with Crippen LogP contribution >= 0.6 is 0 Å². The zero-order valence-electron chi connectivity index (χ0n) is 31.7.